The van der Waals surface area contributed by atoms with Crippen molar-refractivity contribution in [1.29, 1.82) is 0 Å². The number of aromatic nitrogens is 2. The molecule has 4 rings (SSSR count). The minimum Gasteiger partial charge on any atom is -0.493 e. The Morgan fingerprint density at radius 3 is 2.51 bits per heavy atom. The minimum atomic E-state index is -4.80. The Labute approximate surface area is 201 Å². The SMILES string of the molecule is Cn1nccc1-c1ccc(C(F)(F)F)c(C(OC(C)(C)C)C(=O)O)c1-c1ccc2c(c1)CCCO2. The highest BCUT2D eigenvalue weighted by molar-refractivity contribution is 5.90. The lowest BCUT2D eigenvalue weighted by Gasteiger charge is -2.30. The summed E-state index contributed by atoms with van der Waals surface area (Å²) in [6, 6.07) is 9.14. The average Bonchev–Trinajstić information content (AvgIpc) is 3.20. The number of aryl methyl sites for hydroxylation is 2. The van der Waals surface area contributed by atoms with Crippen molar-refractivity contribution in [3.8, 4) is 28.1 Å². The van der Waals surface area contributed by atoms with Gasteiger partial charge in [0.1, 0.15) is 5.75 Å². The zero-order valence-electron chi connectivity index (χ0n) is 19.9. The Morgan fingerprint density at radius 1 is 1.17 bits per heavy atom. The molecule has 1 aliphatic heterocycles. The summed E-state index contributed by atoms with van der Waals surface area (Å²) in [7, 11) is 1.68. The largest absolute Gasteiger partial charge is 0.493 e. The van der Waals surface area contributed by atoms with E-state index in [2.05, 4.69) is 5.10 Å². The van der Waals surface area contributed by atoms with Gasteiger partial charge in [-0.3, -0.25) is 4.68 Å². The second-order valence-corrected chi connectivity index (χ2v) is 9.51. The first-order valence-electron chi connectivity index (χ1n) is 11.3. The van der Waals surface area contributed by atoms with Crippen LogP contribution in [0.2, 0.25) is 0 Å². The van der Waals surface area contributed by atoms with Crippen molar-refractivity contribution < 1.29 is 32.5 Å². The summed E-state index contributed by atoms with van der Waals surface area (Å²) in [6.45, 7) is 5.40. The van der Waals surface area contributed by atoms with Crippen LogP contribution >= 0.6 is 0 Å². The number of benzene rings is 2. The zero-order chi connectivity index (χ0) is 25.5. The van der Waals surface area contributed by atoms with Crippen molar-refractivity contribution in [1.82, 2.24) is 9.78 Å². The van der Waals surface area contributed by atoms with Gasteiger partial charge < -0.3 is 14.6 Å². The summed E-state index contributed by atoms with van der Waals surface area (Å²) in [5, 5.41) is 14.3. The van der Waals surface area contributed by atoms with Crippen molar-refractivity contribution >= 4 is 5.97 Å². The van der Waals surface area contributed by atoms with E-state index in [1.807, 2.05) is 0 Å². The fraction of sp³-hybridized carbons (Fsp3) is 0.385. The number of carboxylic acid groups (broad SMARTS) is 1. The molecule has 0 saturated carbocycles. The van der Waals surface area contributed by atoms with Gasteiger partial charge in [-0.05, 0) is 74.6 Å². The molecule has 1 atom stereocenters. The van der Waals surface area contributed by atoms with E-state index in [4.69, 9.17) is 9.47 Å². The molecular formula is C26H27F3N2O4. The highest BCUT2D eigenvalue weighted by Gasteiger charge is 2.41. The lowest BCUT2D eigenvalue weighted by Crippen LogP contribution is -2.29. The highest BCUT2D eigenvalue weighted by atomic mass is 19.4. The smallest absolute Gasteiger partial charge is 0.416 e. The molecule has 9 heteroatoms. The molecule has 0 amide bonds. The first kappa shape index (κ1) is 24.8. The number of carbonyl (C=O) groups is 1. The van der Waals surface area contributed by atoms with Crippen LogP contribution < -0.4 is 4.74 Å². The van der Waals surface area contributed by atoms with Crippen LogP contribution in [-0.4, -0.2) is 33.1 Å². The molecule has 1 N–H and O–H groups in total. The Bertz CT molecular complexity index is 1260. The van der Waals surface area contributed by atoms with Crippen molar-refractivity contribution in [3.05, 3.63) is 59.3 Å². The van der Waals surface area contributed by atoms with Crippen LogP contribution in [0.4, 0.5) is 13.2 Å². The van der Waals surface area contributed by atoms with E-state index in [0.29, 0.717) is 35.6 Å². The predicted molar refractivity (Wildman–Crippen MR) is 124 cm³/mol. The molecule has 0 spiro atoms. The molecule has 3 aromatic rings. The van der Waals surface area contributed by atoms with Crippen molar-refractivity contribution in [2.45, 2.75) is 51.5 Å². The summed E-state index contributed by atoms with van der Waals surface area (Å²) in [4.78, 5) is 12.4. The summed E-state index contributed by atoms with van der Waals surface area (Å²) in [6.07, 6.45) is -3.63. The molecule has 2 aromatic carbocycles. The van der Waals surface area contributed by atoms with Gasteiger partial charge in [-0.2, -0.15) is 18.3 Å². The zero-order valence-corrected chi connectivity index (χ0v) is 19.9. The van der Waals surface area contributed by atoms with Crippen LogP contribution in [0.3, 0.4) is 0 Å². The maximum absolute atomic E-state index is 14.3. The summed E-state index contributed by atoms with van der Waals surface area (Å²) < 4.78 is 56.0. The van der Waals surface area contributed by atoms with Gasteiger partial charge in [0.2, 0.25) is 0 Å². The van der Waals surface area contributed by atoms with E-state index >= 15 is 0 Å². The predicted octanol–water partition coefficient (Wildman–Crippen LogP) is 6.04. The number of alkyl halides is 3. The number of hydrogen-bond donors (Lipinski definition) is 1. The van der Waals surface area contributed by atoms with Gasteiger partial charge in [0.25, 0.3) is 0 Å². The van der Waals surface area contributed by atoms with E-state index in [0.717, 1.165) is 18.1 Å². The molecule has 0 aliphatic carbocycles. The number of nitrogens with zero attached hydrogens (tertiary/aromatic N) is 2. The van der Waals surface area contributed by atoms with Crippen LogP contribution in [-0.2, 0) is 29.2 Å². The number of aliphatic carboxylic acids is 1. The van der Waals surface area contributed by atoms with Crippen LogP contribution in [0.25, 0.3) is 22.4 Å². The Kier molecular flexibility index (Phi) is 6.40. The van der Waals surface area contributed by atoms with E-state index < -0.39 is 35.0 Å². The number of ether oxygens (including phenoxy) is 2. The molecule has 0 fully saturated rings. The number of fused-ring (bicyclic) bond motifs is 1. The van der Waals surface area contributed by atoms with E-state index in [1.165, 1.54) is 16.9 Å². The third-order valence-electron chi connectivity index (χ3n) is 5.80. The monoisotopic (exact) mass is 488 g/mol. The van der Waals surface area contributed by atoms with Crippen molar-refractivity contribution in [3.63, 3.8) is 0 Å². The van der Waals surface area contributed by atoms with Gasteiger partial charge >= 0.3 is 12.1 Å². The molecule has 35 heavy (non-hydrogen) atoms. The molecule has 0 bridgehead atoms. The highest BCUT2D eigenvalue weighted by Crippen LogP contribution is 2.47. The van der Waals surface area contributed by atoms with E-state index in [9.17, 15) is 23.1 Å². The van der Waals surface area contributed by atoms with Crippen LogP contribution in [0.1, 0.15) is 50.0 Å². The molecule has 186 valence electrons. The van der Waals surface area contributed by atoms with Gasteiger partial charge in [0, 0.05) is 24.4 Å². The molecular weight excluding hydrogens is 461 g/mol. The molecule has 1 unspecified atom stereocenters. The number of halogens is 3. The maximum Gasteiger partial charge on any atom is 0.416 e. The third-order valence-corrected chi connectivity index (χ3v) is 5.80. The molecule has 1 aliphatic rings. The van der Waals surface area contributed by atoms with Crippen LogP contribution in [0.5, 0.6) is 5.75 Å². The van der Waals surface area contributed by atoms with Crippen LogP contribution in [0, 0.1) is 0 Å². The van der Waals surface area contributed by atoms with E-state index in [-0.39, 0.29) is 5.56 Å². The summed E-state index contributed by atoms with van der Waals surface area (Å²) in [5.41, 5.74) is -0.0767. The summed E-state index contributed by atoms with van der Waals surface area (Å²) >= 11 is 0. The minimum absolute atomic E-state index is 0.147. The van der Waals surface area contributed by atoms with Crippen LogP contribution in [0.15, 0.2) is 42.6 Å². The fourth-order valence-corrected chi connectivity index (χ4v) is 4.40. The normalized spacial score (nSPS) is 14.8. The number of carboxylic acids is 1. The lowest BCUT2D eigenvalue weighted by atomic mass is 9.85. The number of hydrogen-bond acceptors (Lipinski definition) is 4. The third kappa shape index (κ3) is 5.05. The lowest BCUT2D eigenvalue weighted by molar-refractivity contribution is -0.163. The van der Waals surface area contributed by atoms with Crippen molar-refractivity contribution in [2.75, 3.05) is 6.61 Å². The second kappa shape index (κ2) is 9.03. The second-order valence-electron chi connectivity index (χ2n) is 9.51. The van der Waals surface area contributed by atoms with Gasteiger partial charge in [-0.1, -0.05) is 12.1 Å². The first-order chi connectivity index (χ1) is 16.4. The molecule has 0 radical (unpaired) electrons. The summed E-state index contributed by atoms with van der Waals surface area (Å²) in [5.74, 6) is -0.827. The van der Waals surface area contributed by atoms with Crippen molar-refractivity contribution in [2.24, 2.45) is 7.05 Å². The molecule has 0 saturated heterocycles. The quantitative estimate of drug-likeness (QED) is 0.474. The Morgan fingerprint density at radius 2 is 1.91 bits per heavy atom. The van der Waals surface area contributed by atoms with Gasteiger partial charge in [-0.25, -0.2) is 4.79 Å². The molecule has 1 aromatic heterocycles. The molecule has 2 heterocycles. The first-order valence-corrected chi connectivity index (χ1v) is 11.3. The standard InChI is InChI=1S/C26H27F3N2O4/c1-25(2,3)35-23(24(32)33)22-18(26(27,28)29)9-8-17(19-11-12-30-31(19)4)21(22)16-7-10-20-15(14-16)6-5-13-34-20/h7-12,14,23H,5-6,13H2,1-4H3,(H,32,33). The average molecular weight is 489 g/mol. The van der Waals surface area contributed by atoms with Gasteiger partial charge in [-0.15, -0.1) is 0 Å². The molecule has 6 nitrogen and oxygen atoms in total. The van der Waals surface area contributed by atoms with Gasteiger partial charge in [0.05, 0.1) is 23.5 Å². The fourth-order valence-electron chi connectivity index (χ4n) is 4.40. The Hall–Kier alpha value is -3.33. The van der Waals surface area contributed by atoms with E-state index in [1.54, 1.807) is 52.1 Å². The Balaban J connectivity index is 2.11. The van der Waals surface area contributed by atoms with Gasteiger partial charge in [0.15, 0.2) is 6.10 Å². The maximum atomic E-state index is 14.3. The topological polar surface area (TPSA) is 73.6 Å². The number of rotatable bonds is 5.